The highest BCUT2D eigenvalue weighted by molar-refractivity contribution is 7.92. The van der Waals surface area contributed by atoms with Gasteiger partial charge in [0.1, 0.15) is 9.84 Å². The lowest BCUT2D eigenvalue weighted by atomic mass is 9.95. The Kier molecular flexibility index (Phi) is 5.09. The quantitative estimate of drug-likeness (QED) is 0.782. The first-order valence-corrected chi connectivity index (χ1v) is 10.6. The van der Waals surface area contributed by atoms with Crippen molar-refractivity contribution in [2.45, 2.75) is 37.4 Å². The molecule has 0 aromatic rings. The third-order valence-corrected chi connectivity index (χ3v) is 8.55. The van der Waals surface area contributed by atoms with Crippen LogP contribution in [0.2, 0.25) is 0 Å². The van der Waals surface area contributed by atoms with E-state index < -0.39 is 25.1 Å². The van der Waals surface area contributed by atoms with E-state index in [4.69, 9.17) is 5.73 Å². The molecule has 2 heterocycles. The van der Waals surface area contributed by atoms with Gasteiger partial charge in [0.05, 0.1) is 16.8 Å². The second-order valence-electron chi connectivity index (χ2n) is 5.82. The maximum atomic E-state index is 12.5. The van der Waals surface area contributed by atoms with Crippen LogP contribution >= 0.6 is 0 Å². The summed E-state index contributed by atoms with van der Waals surface area (Å²) in [5, 5.41) is -0.517. The zero-order valence-corrected chi connectivity index (χ0v) is 13.3. The van der Waals surface area contributed by atoms with Crippen LogP contribution < -0.4 is 5.73 Å². The Balaban J connectivity index is 1.95. The standard InChI is InChI=1S/C12H24N2O4S2/c13-6-1-11-2-7-14(8-3-11)20(17,18)12-4-9-19(15,16)10-5-12/h11-12H,1-10,13H2. The number of nitrogens with two attached hydrogens (primary N) is 1. The topological polar surface area (TPSA) is 97.5 Å². The molecule has 0 amide bonds. The summed E-state index contributed by atoms with van der Waals surface area (Å²) in [5.41, 5.74) is 5.53. The SMILES string of the molecule is NCCC1CCN(S(=O)(=O)C2CCS(=O)(=O)CC2)CC1. The highest BCUT2D eigenvalue weighted by atomic mass is 32.2. The van der Waals surface area contributed by atoms with Gasteiger partial charge in [-0.3, -0.25) is 0 Å². The van der Waals surface area contributed by atoms with Crippen molar-refractivity contribution in [2.24, 2.45) is 11.7 Å². The lowest BCUT2D eigenvalue weighted by molar-refractivity contribution is 0.263. The lowest BCUT2D eigenvalue weighted by Crippen LogP contribution is -2.46. The largest absolute Gasteiger partial charge is 0.330 e. The molecule has 0 aliphatic carbocycles. The Labute approximate surface area is 121 Å². The summed E-state index contributed by atoms with van der Waals surface area (Å²) in [4.78, 5) is 0. The molecule has 0 unspecified atom stereocenters. The molecule has 0 spiro atoms. The fourth-order valence-corrected chi connectivity index (χ4v) is 6.83. The van der Waals surface area contributed by atoms with Crippen LogP contribution in [0.3, 0.4) is 0 Å². The van der Waals surface area contributed by atoms with E-state index in [9.17, 15) is 16.8 Å². The van der Waals surface area contributed by atoms with Crippen LogP contribution in [0.5, 0.6) is 0 Å². The van der Waals surface area contributed by atoms with Gasteiger partial charge in [-0.15, -0.1) is 0 Å². The van der Waals surface area contributed by atoms with E-state index in [2.05, 4.69) is 0 Å². The second-order valence-corrected chi connectivity index (χ2v) is 10.3. The van der Waals surface area contributed by atoms with Gasteiger partial charge >= 0.3 is 0 Å². The number of piperidine rings is 1. The van der Waals surface area contributed by atoms with Crippen molar-refractivity contribution < 1.29 is 16.8 Å². The van der Waals surface area contributed by atoms with Gasteiger partial charge in [0.15, 0.2) is 0 Å². The molecule has 118 valence electrons. The highest BCUT2D eigenvalue weighted by Crippen LogP contribution is 2.27. The molecule has 0 bridgehead atoms. The van der Waals surface area contributed by atoms with Gasteiger partial charge in [0.2, 0.25) is 10.0 Å². The molecule has 6 nitrogen and oxygen atoms in total. The van der Waals surface area contributed by atoms with E-state index >= 15 is 0 Å². The van der Waals surface area contributed by atoms with Crippen molar-refractivity contribution in [3.8, 4) is 0 Å². The van der Waals surface area contributed by atoms with E-state index in [1.54, 1.807) is 4.31 Å². The normalized spacial score (nSPS) is 26.6. The van der Waals surface area contributed by atoms with Crippen molar-refractivity contribution >= 4 is 19.9 Å². The Morgan fingerprint density at radius 2 is 1.60 bits per heavy atom. The number of hydrogen-bond acceptors (Lipinski definition) is 5. The average Bonchev–Trinajstić information content (AvgIpc) is 2.39. The van der Waals surface area contributed by atoms with Crippen LogP contribution in [-0.2, 0) is 19.9 Å². The van der Waals surface area contributed by atoms with Crippen molar-refractivity contribution in [1.29, 1.82) is 0 Å². The first kappa shape index (κ1) is 16.2. The lowest BCUT2D eigenvalue weighted by Gasteiger charge is -2.34. The maximum absolute atomic E-state index is 12.5. The van der Waals surface area contributed by atoms with Crippen molar-refractivity contribution in [3.63, 3.8) is 0 Å². The molecule has 2 rings (SSSR count). The zero-order valence-electron chi connectivity index (χ0n) is 11.7. The van der Waals surface area contributed by atoms with Crippen molar-refractivity contribution in [1.82, 2.24) is 4.31 Å². The summed E-state index contributed by atoms with van der Waals surface area (Å²) < 4.78 is 49.4. The average molecular weight is 324 g/mol. The van der Waals surface area contributed by atoms with E-state index in [0.29, 0.717) is 25.6 Å². The van der Waals surface area contributed by atoms with E-state index in [1.807, 2.05) is 0 Å². The molecule has 20 heavy (non-hydrogen) atoms. The molecule has 2 aliphatic heterocycles. The monoisotopic (exact) mass is 324 g/mol. The summed E-state index contributed by atoms with van der Waals surface area (Å²) in [5.74, 6) is 0.527. The third kappa shape index (κ3) is 3.72. The van der Waals surface area contributed by atoms with E-state index in [0.717, 1.165) is 19.3 Å². The fraction of sp³-hybridized carbons (Fsp3) is 1.00. The molecule has 8 heteroatoms. The predicted octanol–water partition coefficient (Wildman–Crippen LogP) is -0.0458. The minimum Gasteiger partial charge on any atom is -0.330 e. The molecule has 0 aromatic carbocycles. The summed E-state index contributed by atoms with van der Waals surface area (Å²) in [6, 6.07) is 0. The third-order valence-electron chi connectivity index (χ3n) is 4.43. The fourth-order valence-electron chi connectivity index (χ4n) is 3.07. The van der Waals surface area contributed by atoms with Gasteiger partial charge in [-0.05, 0) is 44.6 Å². The summed E-state index contributed by atoms with van der Waals surface area (Å²) >= 11 is 0. The van der Waals surface area contributed by atoms with Crippen molar-refractivity contribution in [2.75, 3.05) is 31.1 Å². The Morgan fingerprint density at radius 1 is 1.05 bits per heavy atom. The van der Waals surface area contributed by atoms with Gasteiger partial charge in [-0.2, -0.15) is 0 Å². The van der Waals surface area contributed by atoms with Gasteiger partial charge in [-0.25, -0.2) is 21.1 Å². The molecule has 2 aliphatic rings. The number of rotatable bonds is 4. The van der Waals surface area contributed by atoms with Crippen LogP contribution in [0.15, 0.2) is 0 Å². The van der Waals surface area contributed by atoms with Crippen LogP contribution in [0.4, 0.5) is 0 Å². The van der Waals surface area contributed by atoms with Crippen LogP contribution in [0, 0.1) is 5.92 Å². The van der Waals surface area contributed by atoms with Crippen molar-refractivity contribution in [3.05, 3.63) is 0 Å². The molecule has 0 atom stereocenters. The summed E-state index contributed by atoms with van der Waals surface area (Å²) in [6.07, 6.45) is 3.17. The van der Waals surface area contributed by atoms with Gasteiger partial charge < -0.3 is 5.73 Å². The second kappa shape index (κ2) is 6.29. The smallest absolute Gasteiger partial charge is 0.217 e. The van der Waals surface area contributed by atoms with Crippen LogP contribution in [0.1, 0.15) is 32.1 Å². The first-order chi connectivity index (χ1) is 9.35. The predicted molar refractivity (Wildman–Crippen MR) is 78.6 cm³/mol. The minimum atomic E-state index is -3.34. The van der Waals surface area contributed by atoms with Crippen LogP contribution in [0.25, 0.3) is 0 Å². The number of hydrogen-bond donors (Lipinski definition) is 1. The molecule has 0 radical (unpaired) electrons. The summed E-state index contributed by atoms with van der Waals surface area (Å²) in [6.45, 7) is 1.75. The number of sulfonamides is 1. The molecule has 2 fully saturated rings. The number of sulfone groups is 1. The molecular formula is C12H24N2O4S2. The van der Waals surface area contributed by atoms with Gasteiger partial charge in [0.25, 0.3) is 0 Å². The molecule has 2 N–H and O–H groups in total. The maximum Gasteiger partial charge on any atom is 0.217 e. The first-order valence-electron chi connectivity index (χ1n) is 7.24. The number of nitrogens with zero attached hydrogens (tertiary/aromatic N) is 1. The van der Waals surface area contributed by atoms with Gasteiger partial charge in [-0.1, -0.05) is 0 Å². The molecular weight excluding hydrogens is 300 g/mol. The van der Waals surface area contributed by atoms with E-state index in [1.165, 1.54) is 0 Å². The highest BCUT2D eigenvalue weighted by Gasteiger charge is 2.37. The zero-order chi connectivity index (χ0) is 14.8. The Bertz CT molecular complexity index is 508. The molecule has 0 saturated carbocycles. The molecule has 2 saturated heterocycles. The van der Waals surface area contributed by atoms with Crippen LogP contribution in [-0.4, -0.2) is 57.5 Å². The molecule has 0 aromatic heterocycles. The minimum absolute atomic E-state index is 0.000531. The Hall–Kier alpha value is -0.180. The van der Waals surface area contributed by atoms with Gasteiger partial charge in [0, 0.05) is 13.1 Å². The summed E-state index contributed by atoms with van der Waals surface area (Å²) in [7, 11) is -6.36. The Morgan fingerprint density at radius 3 is 2.10 bits per heavy atom. The van der Waals surface area contributed by atoms with E-state index in [-0.39, 0.29) is 24.3 Å².